The predicted octanol–water partition coefficient (Wildman–Crippen LogP) is 4.39. The van der Waals surface area contributed by atoms with Crippen molar-refractivity contribution < 1.29 is 18.7 Å². The normalized spacial score (nSPS) is 18.2. The molecule has 26 heavy (non-hydrogen) atoms. The monoisotopic (exact) mass is 369 g/mol. The lowest BCUT2D eigenvalue weighted by atomic mass is 10.0. The Bertz CT molecular complexity index is 925. The lowest BCUT2D eigenvalue weighted by Crippen LogP contribution is -2.27. The summed E-state index contributed by atoms with van der Waals surface area (Å²) in [6.07, 6.45) is 3.61. The van der Waals surface area contributed by atoms with E-state index in [-0.39, 0.29) is 11.8 Å². The van der Waals surface area contributed by atoms with Crippen molar-refractivity contribution in [2.75, 3.05) is 6.61 Å². The first-order valence-corrected chi connectivity index (χ1v) is 9.18. The van der Waals surface area contributed by atoms with Gasteiger partial charge in [-0.25, -0.2) is 4.39 Å². The summed E-state index contributed by atoms with van der Waals surface area (Å²) in [7, 11) is 0. The van der Waals surface area contributed by atoms with Gasteiger partial charge in [-0.2, -0.15) is 0 Å². The van der Waals surface area contributed by atoms with Crippen molar-refractivity contribution >= 4 is 29.0 Å². The van der Waals surface area contributed by atoms with Gasteiger partial charge in [0.25, 0.3) is 11.1 Å². The Morgan fingerprint density at radius 1 is 1.19 bits per heavy atom. The summed E-state index contributed by atoms with van der Waals surface area (Å²) in [5.74, 6) is 0.0588. The molecule has 0 spiro atoms. The molecule has 2 heterocycles. The Kier molecular flexibility index (Phi) is 4.51. The van der Waals surface area contributed by atoms with Crippen molar-refractivity contribution in [2.45, 2.75) is 19.4 Å². The molecule has 0 aromatic heterocycles. The number of hydrogen-bond acceptors (Lipinski definition) is 4. The molecule has 132 valence electrons. The third kappa shape index (κ3) is 3.24. The topological polar surface area (TPSA) is 46.6 Å². The van der Waals surface area contributed by atoms with Crippen LogP contribution in [-0.4, -0.2) is 22.7 Å². The van der Waals surface area contributed by atoms with Gasteiger partial charge in [0.1, 0.15) is 11.6 Å². The predicted molar refractivity (Wildman–Crippen MR) is 98.2 cm³/mol. The van der Waals surface area contributed by atoms with E-state index in [9.17, 15) is 14.0 Å². The first-order chi connectivity index (χ1) is 12.6. The number of thioether (sulfide) groups is 1. The summed E-state index contributed by atoms with van der Waals surface area (Å²) in [6, 6.07) is 11.9. The summed E-state index contributed by atoms with van der Waals surface area (Å²) in [4.78, 5) is 26.2. The van der Waals surface area contributed by atoms with E-state index in [2.05, 4.69) is 0 Å². The van der Waals surface area contributed by atoms with Gasteiger partial charge < -0.3 is 4.74 Å². The van der Waals surface area contributed by atoms with Crippen molar-refractivity contribution in [2.24, 2.45) is 0 Å². The molecule has 1 fully saturated rings. The highest BCUT2D eigenvalue weighted by molar-refractivity contribution is 8.18. The van der Waals surface area contributed by atoms with Crippen LogP contribution in [0.2, 0.25) is 0 Å². The summed E-state index contributed by atoms with van der Waals surface area (Å²) < 4.78 is 19.4. The second-order valence-electron chi connectivity index (χ2n) is 6.18. The summed E-state index contributed by atoms with van der Waals surface area (Å²) in [5.41, 5.74) is 2.28. The van der Waals surface area contributed by atoms with Crippen LogP contribution < -0.4 is 4.74 Å². The Balaban J connectivity index is 1.57. The standard InChI is InChI=1S/C20H16FNO3S/c21-16-6-2-1-4-15(16)12-22-19(23)18(26-20(22)24)11-13-7-8-17-14(10-13)5-3-9-25-17/h1-2,4,6-8,10-11H,3,5,9,12H2/b18-11+. The fourth-order valence-electron chi connectivity index (χ4n) is 3.05. The molecule has 0 N–H and O–H groups in total. The molecule has 0 atom stereocenters. The Labute approximate surface area is 154 Å². The van der Waals surface area contributed by atoms with Gasteiger partial charge in [0.15, 0.2) is 0 Å². The lowest BCUT2D eigenvalue weighted by molar-refractivity contribution is -0.123. The minimum absolute atomic E-state index is 0.0628. The molecule has 2 aromatic carbocycles. The number of imide groups is 1. The molecule has 4 rings (SSSR count). The number of amides is 2. The molecule has 0 radical (unpaired) electrons. The molecule has 4 nitrogen and oxygen atoms in total. The van der Waals surface area contributed by atoms with E-state index >= 15 is 0 Å². The number of ether oxygens (including phenoxy) is 1. The number of carbonyl (C=O) groups excluding carboxylic acids is 2. The van der Waals surface area contributed by atoms with Gasteiger partial charge in [-0.05, 0) is 60.0 Å². The maximum Gasteiger partial charge on any atom is 0.293 e. The third-order valence-corrected chi connectivity index (χ3v) is 5.30. The van der Waals surface area contributed by atoms with Crippen LogP contribution in [0.15, 0.2) is 47.4 Å². The molecule has 2 aromatic rings. The summed E-state index contributed by atoms with van der Waals surface area (Å²) in [6.45, 7) is 0.661. The molecule has 6 heteroatoms. The molecule has 0 unspecified atom stereocenters. The zero-order valence-electron chi connectivity index (χ0n) is 13.9. The van der Waals surface area contributed by atoms with Gasteiger partial charge in [-0.15, -0.1) is 0 Å². The van der Waals surface area contributed by atoms with Crippen LogP contribution in [0.5, 0.6) is 5.75 Å². The van der Waals surface area contributed by atoms with Gasteiger partial charge in [0.2, 0.25) is 0 Å². The zero-order valence-corrected chi connectivity index (χ0v) is 14.7. The lowest BCUT2D eigenvalue weighted by Gasteiger charge is -2.17. The molecule has 0 saturated carbocycles. The fraction of sp³-hybridized carbons (Fsp3) is 0.200. The average molecular weight is 369 g/mol. The van der Waals surface area contributed by atoms with E-state index in [4.69, 9.17) is 4.74 Å². The molecule has 1 saturated heterocycles. The molecular formula is C20H16FNO3S. The number of hydrogen-bond donors (Lipinski definition) is 0. The van der Waals surface area contributed by atoms with Crippen molar-refractivity contribution in [1.29, 1.82) is 0 Å². The van der Waals surface area contributed by atoms with Crippen LogP contribution >= 0.6 is 11.8 Å². The summed E-state index contributed by atoms with van der Waals surface area (Å²) >= 11 is 0.884. The molecule has 2 amide bonds. The summed E-state index contributed by atoms with van der Waals surface area (Å²) in [5, 5.41) is -0.384. The van der Waals surface area contributed by atoms with Crippen LogP contribution in [-0.2, 0) is 17.8 Å². The minimum Gasteiger partial charge on any atom is -0.493 e. The Morgan fingerprint density at radius 2 is 2.04 bits per heavy atom. The second-order valence-corrected chi connectivity index (χ2v) is 7.17. The molecule has 2 aliphatic rings. The van der Waals surface area contributed by atoms with Crippen LogP contribution in [0.1, 0.15) is 23.1 Å². The van der Waals surface area contributed by atoms with E-state index in [0.29, 0.717) is 10.5 Å². The second kappa shape index (κ2) is 6.96. The largest absolute Gasteiger partial charge is 0.493 e. The molecule has 2 aliphatic heterocycles. The van der Waals surface area contributed by atoms with E-state index in [1.807, 2.05) is 18.2 Å². The maximum atomic E-state index is 13.8. The number of halogens is 1. The number of rotatable bonds is 3. The van der Waals surface area contributed by atoms with Crippen molar-refractivity contribution in [3.05, 3.63) is 69.9 Å². The Morgan fingerprint density at radius 3 is 2.88 bits per heavy atom. The van der Waals surface area contributed by atoms with Gasteiger partial charge >= 0.3 is 0 Å². The van der Waals surface area contributed by atoms with Gasteiger partial charge in [-0.3, -0.25) is 14.5 Å². The van der Waals surface area contributed by atoms with Crippen LogP contribution in [0.25, 0.3) is 6.08 Å². The number of aryl methyl sites for hydroxylation is 1. The van der Waals surface area contributed by atoms with E-state index in [1.54, 1.807) is 24.3 Å². The van der Waals surface area contributed by atoms with E-state index < -0.39 is 11.7 Å². The minimum atomic E-state index is -0.426. The van der Waals surface area contributed by atoms with Crippen LogP contribution in [0.3, 0.4) is 0 Å². The number of benzene rings is 2. The van der Waals surface area contributed by atoms with E-state index in [1.165, 1.54) is 6.07 Å². The first kappa shape index (κ1) is 16.8. The van der Waals surface area contributed by atoms with Gasteiger partial charge in [-0.1, -0.05) is 24.3 Å². The maximum absolute atomic E-state index is 13.8. The van der Waals surface area contributed by atoms with E-state index in [0.717, 1.165) is 53.0 Å². The number of fused-ring (bicyclic) bond motifs is 1. The number of nitrogens with zero attached hydrogens (tertiary/aromatic N) is 1. The zero-order chi connectivity index (χ0) is 18.1. The smallest absolute Gasteiger partial charge is 0.293 e. The Hall–Kier alpha value is -2.60. The SMILES string of the molecule is O=C1S/C(=C/c2ccc3c(c2)CCCO3)C(=O)N1Cc1ccccc1F. The van der Waals surface area contributed by atoms with Gasteiger partial charge in [0.05, 0.1) is 18.1 Å². The fourth-order valence-corrected chi connectivity index (χ4v) is 3.89. The van der Waals surface area contributed by atoms with Crippen molar-refractivity contribution in [1.82, 2.24) is 4.90 Å². The number of carbonyl (C=O) groups is 2. The molecule has 0 aliphatic carbocycles. The highest BCUT2D eigenvalue weighted by Crippen LogP contribution is 2.34. The van der Waals surface area contributed by atoms with Crippen molar-refractivity contribution in [3.63, 3.8) is 0 Å². The molecular weight excluding hydrogens is 353 g/mol. The van der Waals surface area contributed by atoms with Crippen LogP contribution in [0.4, 0.5) is 9.18 Å². The molecule has 0 bridgehead atoms. The van der Waals surface area contributed by atoms with Crippen LogP contribution in [0, 0.1) is 5.82 Å². The average Bonchev–Trinajstić information content (AvgIpc) is 2.91. The highest BCUT2D eigenvalue weighted by Gasteiger charge is 2.35. The first-order valence-electron chi connectivity index (χ1n) is 8.36. The van der Waals surface area contributed by atoms with Gasteiger partial charge in [0, 0.05) is 5.56 Å². The quantitative estimate of drug-likeness (QED) is 0.753. The van der Waals surface area contributed by atoms with Crippen molar-refractivity contribution in [3.8, 4) is 5.75 Å². The third-order valence-electron chi connectivity index (χ3n) is 4.39. The highest BCUT2D eigenvalue weighted by atomic mass is 32.2.